The number of hydrogen-bond donors (Lipinski definition) is 0. The number of benzene rings is 1. The van der Waals surface area contributed by atoms with E-state index in [1.807, 2.05) is 56.0 Å². The number of piperidine rings is 1. The molecule has 1 atom stereocenters. The summed E-state index contributed by atoms with van der Waals surface area (Å²) < 4.78 is 0. The number of rotatable bonds is 5. The third-order valence-electron chi connectivity index (χ3n) is 6.10. The lowest BCUT2D eigenvalue weighted by Crippen LogP contribution is -2.58. The highest BCUT2D eigenvalue weighted by Gasteiger charge is 2.57. The second-order valence-corrected chi connectivity index (χ2v) is 8.38. The Labute approximate surface area is 167 Å². The lowest BCUT2D eigenvalue weighted by Gasteiger charge is -2.43. The smallest absolute Gasteiger partial charge is 0.327 e. The molecule has 6 nitrogen and oxygen atoms in total. The molecule has 2 heterocycles. The van der Waals surface area contributed by atoms with Gasteiger partial charge < -0.3 is 9.80 Å². The fourth-order valence-corrected chi connectivity index (χ4v) is 4.54. The van der Waals surface area contributed by atoms with Crippen molar-refractivity contribution in [3.05, 3.63) is 35.9 Å². The number of amides is 4. The average Bonchev–Trinajstić information content (AvgIpc) is 2.86. The van der Waals surface area contributed by atoms with Crippen LogP contribution in [0.4, 0.5) is 4.79 Å². The van der Waals surface area contributed by atoms with Gasteiger partial charge in [0.1, 0.15) is 5.54 Å². The highest BCUT2D eigenvalue weighted by atomic mass is 16.2. The summed E-state index contributed by atoms with van der Waals surface area (Å²) >= 11 is 0. The summed E-state index contributed by atoms with van der Waals surface area (Å²) in [6.07, 6.45) is 1.75. The van der Waals surface area contributed by atoms with Crippen LogP contribution in [0.5, 0.6) is 0 Å². The molecule has 1 spiro atoms. The molecule has 0 aliphatic carbocycles. The zero-order valence-electron chi connectivity index (χ0n) is 17.4. The van der Waals surface area contributed by atoms with Crippen molar-refractivity contribution in [3.63, 3.8) is 0 Å². The van der Waals surface area contributed by atoms with Gasteiger partial charge in [-0.15, -0.1) is 0 Å². The van der Waals surface area contributed by atoms with Gasteiger partial charge in [-0.25, -0.2) is 4.79 Å². The molecule has 1 unspecified atom stereocenters. The molecule has 3 rings (SSSR count). The van der Waals surface area contributed by atoms with Gasteiger partial charge >= 0.3 is 6.03 Å². The maximum Gasteiger partial charge on any atom is 0.327 e. The fourth-order valence-electron chi connectivity index (χ4n) is 4.54. The van der Waals surface area contributed by atoms with E-state index in [0.717, 1.165) is 12.0 Å². The fraction of sp³-hybridized carbons (Fsp3) is 0.591. The number of carbonyl (C=O) groups is 3. The zero-order chi connectivity index (χ0) is 20.5. The van der Waals surface area contributed by atoms with Gasteiger partial charge in [-0.1, -0.05) is 51.1 Å². The van der Waals surface area contributed by atoms with Crippen LogP contribution in [0.25, 0.3) is 0 Å². The van der Waals surface area contributed by atoms with E-state index in [1.54, 1.807) is 11.9 Å². The van der Waals surface area contributed by atoms with Crippen LogP contribution in [0.1, 0.15) is 51.5 Å². The number of hydrogen-bond acceptors (Lipinski definition) is 3. The van der Waals surface area contributed by atoms with Crippen LogP contribution in [-0.2, 0) is 9.59 Å². The molecule has 0 radical (unpaired) electrons. The number of imide groups is 1. The van der Waals surface area contributed by atoms with Gasteiger partial charge in [-0.05, 0) is 30.7 Å². The van der Waals surface area contributed by atoms with E-state index in [2.05, 4.69) is 0 Å². The molecule has 0 aromatic heterocycles. The zero-order valence-corrected chi connectivity index (χ0v) is 17.4. The Morgan fingerprint density at radius 3 is 2.25 bits per heavy atom. The molecular weight excluding hydrogens is 354 g/mol. The highest BCUT2D eigenvalue weighted by molar-refractivity contribution is 6.07. The van der Waals surface area contributed by atoms with Crippen LogP contribution >= 0.6 is 0 Å². The van der Waals surface area contributed by atoms with Crippen molar-refractivity contribution < 1.29 is 14.4 Å². The van der Waals surface area contributed by atoms with Gasteiger partial charge in [0.15, 0.2) is 0 Å². The quantitative estimate of drug-likeness (QED) is 0.732. The molecule has 4 amide bonds. The first-order chi connectivity index (χ1) is 13.3. The van der Waals surface area contributed by atoms with Crippen LogP contribution in [0.2, 0.25) is 0 Å². The molecule has 2 aliphatic rings. The average molecular weight is 386 g/mol. The number of likely N-dealkylation sites (tertiary alicyclic amines) is 1. The highest BCUT2D eigenvalue weighted by Crippen LogP contribution is 2.38. The first-order valence-electron chi connectivity index (χ1n) is 10.2. The first-order valence-corrected chi connectivity index (χ1v) is 10.2. The van der Waals surface area contributed by atoms with E-state index in [-0.39, 0.29) is 29.7 Å². The summed E-state index contributed by atoms with van der Waals surface area (Å²) in [7, 11) is 1.56. The Hall–Kier alpha value is -2.37. The van der Waals surface area contributed by atoms with Crippen molar-refractivity contribution in [2.45, 2.75) is 51.5 Å². The van der Waals surface area contributed by atoms with Gasteiger partial charge in [0.25, 0.3) is 5.91 Å². The van der Waals surface area contributed by atoms with Crippen LogP contribution in [0.15, 0.2) is 30.3 Å². The topological polar surface area (TPSA) is 60.9 Å². The maximum absolute atomic E-state index is 13.2. The Morgan fingerprint density at radius 2 is 1.71 bits per heavy atom. The maximum atomic E-state index is 13.2. The SMILES string of the molecule is CCC(C(=O)N1CCC2(CC1)C(=O)N(C)C(=O)N2CC(C)C)c1ccccc1. The Bertz CT molecular complexity index is 739. The molecule has 2 aliphatic heterocycles. The monoisotopic (exact) mass is 385 g/mol. The van der Waals surface area contributed by atoms with E-state index in [1.165, 1.54) is 4.90 Å². The van der Waals surface area contributed by atoms with Gasteiger partial charge in [0, 0.05) is 26.7 Å². The Balaban J connectivity index is 1.76. The lowest BCUT2D eigenvalue weighted by atomic mass is 9.84. The van der Waals surface area contributed by atoms with Crippen LogP contribution in [0.3, 0.4) is 0 Å². The summed E-state index contributed by atoms with van der Waals surface area (Å²) in [5.74, 6) is 0.109. The molecule has 0 bridgehead atoms. The lowest BCUT2D eigenvalue weighted by molar-refractivity contribution is -0.141. The second kappa shape index (κ2) is 7.94. The molecule has 0 saturated carbocycles. The number of likely N-dealkylation sites (N-methyl/N-ethyl adjacent to an activating group) is 1. The predicted octanol–water partition coefficient (Wildman–Crippen LogP) is 3.09. The molecule has 0 N–H and O–H groups in total. The van der Waals surface area contributed by atoms with E-state index < -0.39 is 5.54 Å². The third-order valence-corrected chi connectivity index (χ3v) is 6.10. The summed E-state index contributed by atoms with van der Waals surface area (Å²) in [6, 6.07) is 9.65. The van der Waals surface area contributed by atoms with Gasteiger partial charge in [-0.3, -0.25) is 14.5 Å². The minimum absolute atomic E-state index is 0.115. The summed E-state index contributed by atoms with van der Waals surface area (Å²) in [5, 5.41) is 0. The van der Waals surface area contributed by atoms with Gasteiger partial charge in [0.2, 0.25) is 5.91 Å². The Morgan fingerprint density at radius 1 is 1.11 bits per heavy atom. The van der Waals surface area contributed by atoms with Crippen molar-refractivity contribution in [2.24, 2.45) is 5.92 Å². The van der Waals surface area contributed by atoms with E-state index in [4.69, 9.17) is 0 Å². The molecule has 1 aromatic rings. The van der Waals surface area contributed by atoms with Crippen molar-refractivity contribution in [1.82, 2.24) is 14.7 Å². The minimum Gasteiger partial charge on any atom is -0.342 e. The molecule has 28 heavy (non-hydrogen) atoms. The largest absolute Gasteiger partial charge is 0.342 e. The normalized spacial score (nSPS) is 20.4. The van der Waals surface area contributed by atoms with E-state index in [0.29, 0.717) is 32.5 Å². The number of urea groups is 1. The predicted molar refractivity (Wildman–Crippen MR) is 108 cm³/mol. The third kappa shape index (κ3) is 3.40. The molecule has 152 valence electrons. The number of carbonyl (C=O) groups excluding carboxylic acids is 3. The van der Waals surface area contributed by atoms with Crippen LogP contribution in [-0.4, -0.2) is 64.8 Å². The van der Waals surface area contributed by atoms with Crippen molar-refractivity contribution in [2.75, 3.05) is 26.7 Å². The van der Waals surface area contributed by atoms with Crippen LogP contribution < -0.4 is 0 Å². The first kappa shape index (κ1) is 20.4. The number of nitrogens with zero attached hydrogens (tertiary/aromatic N) is 3. The molecule has 6 heteroatoms. The van der Waals surface area contributed by atoms with Gasteiger partial charge in [0.05, 0.1) is 5.92 Å². The Kier molecular flexibility index (Phi) is 5.77. The van der Waals surface area contributed by atoms with E-state index >= 15 is 0 Å². The van der Waals surface area contributed by atoms with E-state index in [9.17, 15) is 14.4 Å². The van der Waals surface area contributed by atoms with Crippen molar-refractivity contribution in [3.8, 4) is 0 Å². The molecular formula is C22H31N3O3. The molecule has 2 fully saturated rings. The van der Waals surface area contributed by atoms with Gasteiger partial charge in [-0.2, -0.15) is 0 Å². The summed E-state index contributed by atoms with van der Waals surface area (Å²) in [4.78, 5) is 43.6. The second-order valence-electron chi connectivity index (χ2n) is 8.38. The summed E-state index contributed by atoms with van der Waals surface area (Å²) in [6.45, 7) is 7.69. The van der Waals surface area contributed by atoms with Crippen molar-refractivity contribution >= 4 is 17.8 Å². The van der Waals surface area contributed by atoms with Crippen LogP contribution in [0, 0.1) is 5.92 Å². The summed E-state index contributed by atoms with van der Waals surface area (Å²) in [5.41, 5.74) is 0.241. The molecule has 1 aromatic carbocycles. The minimum atomic E-state index is -0.790. The standard InChI is InChI=1S/C22H31N3O3/c1-5-18(17-9-7-6-8-10-17)19(26)24-13-11-22(12-14-24)20(27)23(4)21(28)25(22)15-16(2)3/h6-10,16,18H,5,11-15H2,1-4H3. The van der Waals surface area contributed by atoms with Crippen molar-refractivity contribution in [1.29, 1.82) is 0 Å². The molecule has 2 saturated heterocycles.